The van der Waals surface area contributed by atoms with Gasteiger partial charge in [0.1, 0.15) is 5.82 Å². The lowest BCUT2D eigenvalue weighted by molar-refractivity contribution is 0.366. The third kappa shape index (κ3) is 3.44. The van der Waals surface area contributed by atoms with Gasteiger partial charge in [-0.3, -0.25) is 0 Å². The first-order valence-electron chi connectivity index (χ1n) is 7.92. The van der Waals surface area contributed by atoms with E-state index in [-0.39, 0.29) is 0 Å². The number of aromatic nitrogens is 1. The van der Waals surface area contributed by atoms with E-state index in [9.17, 15) is 0 Å². The Labute approximate surface area is 123 Å². The Morgan fingerprint density at radius 2 is 1.95 bits per heavy atom. The average molecular weight is 275 g/mol. The first kappa shape index (κ1) is 15.1. The van der Waals surface area contributed by atoms with Crippen LogP contribution in [-0.4, -0.2) is 24.1 Å². The third-order valence-electron chi connectivity index (χ3n) is 4.52. The molecule has 1 aliphatic carbocycles. The van der Waals surface area contributed by atoms with Gasteiger partial charge in [-0.15, -0.1) is 0 Å². The van der Waals surface area contributed by atoms with Gasteiger partial charge in [0, 0.05) is 19.1 Å². The summed E-state index contributed by atoms with van der Waals surface area (Å²) in [7, 11) is 0. The summed E-state index contributed by atoms with van der Waals surface area (Å²) in [6.45, 7) is 13.4. The van der Waals surface area contributed by atoms with Crippen molar-refractivity contribution >= 4 is 11.5 Å². The van der Waals surface area contributed by atoms with Crippen LogP contribution in [0, 0.1) is 11.3 Å². The Kier molecular flexibility index (Phi) is 4.56. The highest BCUT2D eigenvalue weighted by atomic mass is 15.2. The standard InChI is InChI=1S/C17H29N3/c1-6-20(7-2)16-9-8-14(12-18-16)19-15-11-17(4,5)10-13(15)3/h8-9,12-13,15,19H,6-7,10-11H2,1-5H3. The van der Waals surface area contributed by atoms with E-state index in [2.05, 4.69) is 62.0 Å². The van der Waals surface area contributed by atoms with Crippen LogP contribution in [-0.2, 0) is 0 Å². The van der Waals surface area contributed by atoms with Gasteiger partial charge in [0.25, 0.3) is 0 Å². The topological polar surface area (TPSA) is 28.2 Å². The Hall–Kier alpha value is -1.25. The fraction of sp³-hybridized carbons (Fsp3) is 0.706. The molecule has 3 heteroatoms. The summed E-state index contributed by atoms with van der Waals surface area (Å²) in [6.07, 6.45) is 4.52. The Bertz CT molecular complexity index is 420. The van der Waals surface area contributed by atoms with Crippen molar-refractivity contribution in [3.05, 3.63) is 18.3 Å². The lowest BCUT2D eigenvalue weighted by Gasteiger charge is -2.22. The van der Waals surface area contributed by atoms with Gasteiger partial charge < -0.3 is 10.2 Å². The molecule has 0 radical (unpaired) electrons. The molecule has 0 saturated heterocycles. The number of nitrogens with one attached hydrogen (secondary N) is 1. The second kappa shape index (κ2) is 6.02. The highest BCUT2D eigenvalue weighted by molar-refractivity contribution is 5.49. The molecule has 1 saturated carbocycles. The molecule has 1 aliphatic rings. The van der Waals surface area contributed by atoms with Crippen LogP contribution in [0.1, 0.15) is 47.5 Å². The fourth-order valence-electron chi connectivity index (χ4n) is 3.51. The molecular formula is C17H29N3. The Balaban J connectivity index is 2.01. The predicted octanol–water partition coefficient (Wildman–Crippen LogP) is 4.16. The van der Waals surface area contributed by atoms with E-state index in [0.29, 0.717) is 11.5 Å². The van der Waals surface area contributed by atoms with Gasteiger partial charge in [-0.25, -0.2) is 4.98 Å². The summed E-state index contributed by atoms with van der Waals surface area (Å²) in [5, 5.41) is 3.67. The van der Waals surface area contributed by atoms with Crippen molar-refractivity contribution in [2.75, 3.05) is 23.3 Å². The second-order valence-corrected chi connectivity index (χ2v) is 6.88. The smallest absolute Gasteiger partial charge is 0.128 e. The highest BCUT2D eigenvalue weighted by Gasteiger charge is 2.36. The first-order chi connectivity index (χ1) is 9.45. The zero-order valence-corrected chi connectivity index (χ0v) is 13.6. The largest absolute Gasteiger partial charge is 0.381 e. The molecule has 2 rings (SSSR count). The predicted molar refractivity (Wildman–Crippen MR) is 87.4 cm³/mol. The normalized spacial score (nSPS) is 24.6. The monoisotopic (exact) mass is 275 g/mol. The van der Waals surface area contributed by atoms with Crippen LogP contribution in [0.5, 0.6) is 0 Å². The van der Waals surface area contributed by atoms with Crippen molar-refractivity contribution in [1.29, 1.82) is 0 Å². The maximum absolute atomic E-state index is 4.59. The van der Waals surface area contributed by atoms with Crippen LogP contribution in [0.4, 0.5) is 11.5 Å². The molecule has 0 bridgehead atoms. The molecule has 1 aromatic rings. The van der Waals surface area contributed by atoms with Crippen LogP contribution in [0.25, 0.3) is 0 Å². The minimum atomic E-state index is 0.464. The molecule has 0 amide bonds. The summed E-state index contributed by atoms with van der Waals surface area (Å²) >= 11 is 0. The van der Waals surface area contributed by atoms with Gasteiger partial charge in [-0.2, -0.15) is 0 Å². The van der Waals surface area contributed by atoms with Gasteiger partial charge in [0.05, 0.1) is 11.9 Å². The second-order valence-electron chi connectivity index (χ2n) is 6.88. The molecule has 1 aromatic heterocycles. The molecule has 1 N–H and O–H groups in total. The van der Waals surface area contributed by atoms with E-state index in [0.717, 1.165) is 30.5 Å². The SMILES string of the molecule is CCN(CC)c1ccc(NC2CC(C)(C)CC2C)cn1. The molecule has 2 unspecified atom stereocenters. The van der Waals surface area contributed by atoms with Gasteiger partial charge >= 0.3 is 0 Å². The first-order valence-corrected chi connectivity index (χ1v) is 7.92. The van der Waals surface area contributed by atoms with Crippen LogP contribution in [0.3, 0.4) is 0 Å². The Morgan fingerprint density at radius 3 is 2.40 bits per heavy atom. The number of hydrogen-bond acceptors (Lipinski definition) is 3. The minimum absolute atomic E-state index is 0.464. The summed E-state index contributed by atoms with van der Waals surface area (Å²) < 4.78 is 0. The van der Waals surface area contributed by atoms with E-state index in [4.69, 9.17) is 0 Å². The van der Waals surface area contributed by atoms with Crippen molar-refractivity contribution in [1.82, 2.24) is 4.98 Å². The van der Waals surface area contributed by atoms with Crippen LogP contribution in [0.15, 0.2) is 18.3 Å². The number of pyridine rings is 1. The number of nitrogens with zero attached hydrogens (tertiary/aromatic N) is 2. The Morgan fingerprint density at radius 1 is 1.25 bits per heavy atom. The minimum Gasteiger partial charge on any atom is -0.381 e. The molecular weight excluding hydrogens is 246 g/mol. The maximum atomic E-state index is 4.59. The molecule has 112 valence electrons. The van der Waals surface area contributed by atoms with E-state index in [1.54, 1.807) is 0 Å². The van der Waals surface area contributed by atoms with E-state index >= 15 is 0 Å². The van der Waals surface area contributed by atoms with Crippen molar-refractivity contribution in [3.63, 3.8) is 0 Å². The lowest BCUT2D eigenvalue weighted by Crippen LogP contribution is -2.24. The molecule has 2 atom stereocenters. The molecule has 0 spiro atoms. The third-order valence-corrected chi connectivity index (χ3v) is 4.52. The summed E-state index contributed by atoms with van der Waals surface area (Å²) in [5.74, 6) is 1.80. The summed E-state index contributed by atoms with van der Waals surface area (Å²) in [4.78, 5) is 6.86. The van der Waals surface area contributed by atoms with E-state index in [1.807, 2.05) is 6.20 Å². The molecule has 0 aliphatic heterocycles. The van der Waals surface area contributed by atoms with Crippen LogP contribution >= 0.6 is 0 Å². The van der Waals surface area contributed by atoms with Gasteiger partial charge in [-0.05, 0) is 50.2 Å². The zero-order valence-electron chi connectivity index (χ0n) is 13.6. The van der Waals surface area contributed by atoms with Crippen molar-refractivity contribution in [2.45, 2.75) is 53.5 Å². The number of anilines is 2. The summed E-state index contributed by atoms with van der Waals surface area (Å²) in [6, 6.07) is 4.87. The van der Waals surface area contributed by atoms with E-state index in [1.165, 1.54) is 12.8 Å². The molecule has 1 heterocycles. The number of rotatable bonds is 5. The van der Waals surface area contributed by atoms with Crippen LogP contribution in [0.2, 0.25) is 0 Å². The summed E-state index contributed by atoms with van der Waals surface area (Å²) in [5.41, 5.74) is 1.61. The van der Waals surface area contributed by atoms with Gasteiger partial charge in [0.2, 0.25) is 0 Å². The molecule has 3 nitrogen and oxygen atoms in total. The molecule has 1 fully saturated rings. The van der Waals surface area contributed by atoms with Crippen molar-refractivity contribution in [2.24, 2.45) is 11.3 Å². The zero-order chi connectivity index (χ0) is 14.8. The quantitative estimate of drug-likeness (QED) is 0.874. The van der Waals surface area contributed by atoms with Crippen LogP contribution < -0.4 is 10.2 Å². The maximum Gasteiger partial charge on any atom is 0.128 e. The highest BCUT2D eigenvalue weighted by Crippen LogP contribution is 2.42. The lowest BCUT2D eigenvalue weighted by atomic mass is 9.91. The van der Waals surface area contributed by atoms with E-state index < -0.39 is 0 Å². The fourth-order valence-corrected chi connectivity index (χ4v) is 3.51. The van der Waals surface area contributed by atoms with Crippen molar-refractivity contribution in [3.8, 4) is 0 Å². The molecule has 20 heavy (non-hydrogen) atoms. The van der Waals surface area contributed by atoms with Gasteiger partial charge in [-0.1, -0.05) is 20.8 Å². The average Bonchev–Trinajstić information content (AvgIpc) is 2.66. The molecule has 0 aromatic carbocycles. The number of hydrogen-bond donors (Lipinski definition) is 1. The van der Waals surface area contributed by atoms with Gasteiger partial charge in [0.15, 0.2) is 0 Å². The van der Waals surface area contributed by atoms with Crippen molar-refractivity contribution < 1.29 is 0 Å².